The number of hydrogen-bond donors (Lipinski definition) is 2. The number of amides is 2. The van der Waals surface area contributed by atoms with Gasteiger partial charge in [-0.2, -0.15) is 0 Å². The Morgan fingerprint density at radius 2 is 1.57 bits per heavy atom. The molecule has 0 radical (unpaired) electrons. The molecule has 2 rings (SSSR count). The van der Waals surface area contributed by atoms with Crippen LogP contribution in [0.3, 0.4) is 0 Å². The summed E-state index contributed by atoms with van der Waals surface area (Å²) in [7, 11) is 3.40. The molecule has 0 saturated carbocycles. The fourth-order valence-electron chi connectivity index (χ4n) is 2.42. The van der Waals surface area contributed by atoms with Crippen molar-refractivity contribution in [2.75, 3.05) is 37.9 Å². The second kappa shape index (κ2) is 10.3. The number of nitrogens with one attached hydrogen (secondary N) is 2. The molecule has 2 N–H and O–H groups in total. The van der Waals surface area contributed by atoms with E-state index in [4.69, 9.17) is 4.74 Å². The largest absolute Gasteiger partial charge is 0.494 e. The van der Waals surface area contributed by atoms with Crippen LogP contribution in [-0.4, -0.2) is 44.0 Å². The lowest BCUT2D eigenvalue weighted by molar-refractivity contribution is -0.114. The molecule has 0 saturated heterocycles. The fourth-order valence-corrected chi connectivity index (χ4v) is 2.42. The minimum Gasteiger partial charge on any atom is -0.494 e. The van der Waals surface area contributed by atoms with Crippen LogP contribution in [0.1, 0.15) is 30.6 Å². The van der Waals surface area contributed by atoms with Gasteiger partial charge in [-0.1, -0.05) is 13.8 Å². The van der Waals surface area contributed by atoms with E-state index in [1.807, 2.05) is 24.3 Å². The maximum atomic E-state index is 12.1. The molecule has 150 valence electrons. The van der Waals surface area contributed by atoms with Crippen LogP contribution >= 0.6 is 0 Å². The Bertz CT molecular complexity index is 769. The van der Waals surface area contributed by atoms with Gasteiger partial charge in [0.1, 0.15) is 5.75 Å². The Morgan fingerprint density at radius 1 is 0.964 bits per heavy atom. The summed E-state index contributed by atoms with van der Waals surface area (Å²) in [4.78, 5) is 25.5. The molecule has 6 nitrogen and oxygen atoms in total. The van der Waals surface area contributed by atoms with Crippen molar-refractivity contribution in [3.8, 4) is 5.75 Å². The third-order valence-electron chi connectivity index (χ3n) is 4.09. The predicted octanol–water partition coefficient (Wildman–Crippen LogP) is 3.86. The van der Waals surface area contributed by atoms with Crippen molar-refractivity contribution in [3.63, 3.8) is 0 Å². The zero-order chi connectivity index (χ0) is 20.5. The first-order valence-electron chi connectivity index (χ1n) is 9.43. The Balaban J connectivity index is 1.78. The Kier molecular flexibility index (Phi) is 7.87. The maximum absolute atomic E-state index is 12.1. The van der Waals surface area contributed by atoms with Gasteiger partial charge in [0.15, 0.2) is 0 Å². The van der Waals surface area contributed by atoms with Crippen LogP contribution in [-0.2, 0) is 4.79 Å². The van der Waals surface area contributed by atoms with Gasteiger partial charge in [0, 0.05) is 31.0 Å². The molecule has 0 fully saturated rings. The first kappa shape index (κ1) is 21.3. The summed E-state index contributed by atoms with van der Waals surface area (Å²) >= 11 is 0. The van der Waals surface area contributed by atoms with Gasteiger partial charge in [-0.05, 0) is 60.9 Å². The molecule has 0 aromatic heterocycles. The summed E-state index contributed by atoms with van der Waals surface area (Å²) in [5.74, 6) is 1.20. The molecule has 2 aromatic carbocycles. The molecule has 2 amide bonds. The second-order valence-electron chi connectivity index (χ2n) is 7.23. The van der Waals surface area contributed by atoms with Gasteiger partial charge in [0.05, 0.1) is 13.2 Å². The van der Waals surface area contributed by atoms with E-state index in [9.17, 15) is 9.59 Å². The molecule has 6 heteroatoms. The Morgan fingerprint density at radius 3 is 2.14 bits per heavy atom. The number of carbonyl (C=O) groups excluding carboxylic acids is 2. The highest BCUT2D eigenvalue weighted by Gasteiger charge is 2.08. The normalized spacial score (nSPS) is 10.5. The number of nitrogens with zero attached hydrogens (tertiary/aromatic N) is 1. The summed E-state index contributed by atoms with van der Waals surface area (Å²) in [6.07, 6.45) is 1.02. The van der Waals surface area contributed by atoms with Crippen LogP contribution in [0.15, 0.2) is 48.5 Å². The smallest absolute Gasteiger partial charge is 0.253 e. The van der Waals surface area contributed by atoms with E-state index >= 15 is 0 Å². The lowest BCUT2D eigenvalue weighted by Gasteiger charge is -2.12. The number of hydrogen-bond acceptors (Lipinski definition) is 4. The zero-order valence-corrected chi connectivity index (χ0v) is 17.0. The summed E-state index contributed by atoms with van der Waals surface area (Å²) in [5, 5.41) is 5.89. The van der Waals surface area contributed by atoms with Crippen molar-refractivity contribution in [1.29, 1.82) is 0 Å². The van der Waals surface area contributed by atoms with Crippen LogP contribution in [0, 0.1) is 5.92 Å². The number of benzene rings is 2. The molecule has 0 aliphatic rings. The Labute approximate surface area is 166 Å². The highest BCUT2D eigenvalue weighted by molar-refractivity contribution is 5.96. The third-order valence-corrected chi connectivity index (χ3v) is 4.09. The van der Waals surface area contributed by atoms with Gasteiger partial charge in [0.25, 0.3) is 5.91 Å². The maximum Gasteiger partial charge on any atom is 0.253 e. The summed E-state index contributed by atoms with van der Waals surface area (Å²) in [5.41, 5.74) is 2.08. The van der Waals surface area contributed by atoms with Crippen molar-refractivity contribution in [2.24, 2.45) is 5.92 Å². The molecule has 0 spiro atoms. The number of anilines is 2. The summed E-state index contributed by atoms with van der Waals surface area (Å²) in [6.45, 7) is 5.18. The van der Waals surface area contributed by atoms with E-state index < -0.39 is 0 Å². The molecule has 2 aromatic rings. The number of carbonyl (C=O) groups is 2. The molecule has 0 unspecified atom stereocenters. The molecule has 0 aliphatic heterocycles. The lowest BCUT2D eigenvalue weighted by Crippen LogP contribution is -2.22. The van der Waals surface area contributed by atoms with Crippen molar-refractivity contribution in [1.82, 2.24) is 4.90 Å². The van der Waals surface area contributed by atoms with E-state index in [0.717, 1.165) is 17.9 Å². The van der Waals surface area contributed by atoms with Gasteiger partial charge in [-0.3, -0.25) is 9.59 Å². The minimum atomic E-state index is -0.163. The van der Waals surface area contributed by atoms with Crippen molar-refractivity contribution in [3.05, 3.63) is 54.1 Å². The van der Waals surface area contributed by atoms with Gasteiger partial charge >= 0.3 is 0 Å². The van der Waals surface area contributed by atoms with Crippen LogP contribution in [0.25, 0.3) is 0 Å². The first-order valence-corrected chi connectivity index (χ1v) is 9.43. The van der Waals surface area contributed by atoms with Gasteiger partial charge in [-0.15, -0.1) is 0 Å². The van der Waals surface area contributed by atoms with E-state index in [0.29, 0.717) is 23.8 Å². The van der Waals surface area contributed by atoms with Crippen molar-refractivity contribution in [2.45, 2.75) is 20.3 Å². The van der Waals surface area contributed by atoms with Gasteiger partial charge in [0.2, 0.25) is 5.91 Å². The second-order valence-corrected chi connectivity index (χ2v) is 7.23. The first-order chi connectivity index (χ1) is 13.3. The quantitative estimate of drug-likeness (QED) is 0.690. The van der Waals surface area contributed by atoms with E-state index in [1.165, 1.54) is 4.90 Å². The molecule has 0 bridgehead atoms. The van der Waals surface area contributed by atoms with Crippen molar-refractivity contribution < 1.29 is 14.3 Å². The topological polar surface area (TPSA) is 70.7 Å². The van der Waals surface area contributed by atoms with E-state index in [2.05, 4.69) is 24.5 Å². The van der Waals surface area contributed by atoms with Crippen LogP contribution in [0.2, 0.25) is 0 Å². The standard InChI is InChI=1S/C22H29N3O3/c1-16(2)13-14-28-20-11-9-18(10-12-20)23-15-21(26)24-19-7-5-17(6-8-19)22(27)25(3)4/h5-12,16,23H,13-15H2,1-4H3,(H,24,26). The highest BCUT2D eigenvalue weighted by atomic mass is 16.5. The Hall–Kier alpha value is -3.02. The molecule has 0 aliphatic carbocycles. The zero-order valence-electron chi connectivity index (χ0n) is 17.0. The number of ether oxygens (including phenoxy) is 1. The summed E-state index contributed by atoms with van der Waals surface area (Å²) < 4.78 is 5.68. The van der Waals surface area contributed by atoms with Gasteiger partial charge < -0.3 is 20.3 Å². The molecular formula is C22H29N3O3. The average molecular weight is 383 g/mol. The average Bonchev–Trinajstić information content (AvgIpc) is 2.67. The molecule has 0 heterocycles. The van der Waals surface area contributed by atoms with Crippen LogP contribution in [0.5, 0.6) is 5.75 Å². The predicted molar refractivity (Wildman–Crippen MR) is 113 cm³/mol. The SMILES string of the molecule is CC(C)CCOc1ccc(NCC(=O)Nc2ccc(C(=O)N(C)C)cc2)cc1. The van der Waals surface area contributed by atoms with E-state index in [-0.39, 0.29) is 18.4 Å². The molecule has 28 heavy (non-hydrogen) atoms. The monoisotopic (exact) mass is 383 g/mol. The van der Waals surface area contributed by atoms with Crippen LogP contribution in [0.4, 0.5) is 11.4 Å². The molecular weight excluding hydrogens is 354 g/mol. The van der Waals surface area contributed by atoms with E-state index in [1.54, 1.807) is 38.4 Å². The third kappa shape index (κ3) is 6.95. The summed E-state index contributed by atoms with van der Waals surface area (Å²) in [6, 6.07) is 14.4. The molecule has 0 atom stereocenters. The van der Waals surface area contributed by atoms with Gasteiger partial charge in [-0.25, -0.2) is 0 Å². The highest BCUT2D eigenvalue weighted by Crippen LogP contribution is 2.16. The number of rotatable bonds is 9. The fraction of sp³-hybridized carbons (Fsp3) is 0.364. The minimum absolute atomic E-state index is 0.0730. The van der Waals surface area contributed by atoms with Crippen molar-refractivity contribution >= 4 is 23.2 Å². The van der Waals surface area contributed by atoms with Crippen LogP contribution < -0.4 is 15.4 Å². The lowest BCUT2D eigenvalue weighted by atomic mass is 10.1.